The van der Waals surface area contributed by atoms with Crippen LogP contribution in [0.5, 0.6) is 0 Å². The van der Waals surface area contributed by atoms with E-state index in [0.717, 1.165) is 0 Å². The van der Waals surface area contributed by atoms with Gasteiger partial charge in [-0.3, -0.25) is 18.4 Å². The molecule has 0 radical (unpaired) electrons. The summed E-state index contributed by atoms with van der Waals surface area (Å²) in [7, 11) is -3.34. The molecule has 90 valence electrons. The number of fused-ring (bicyclic) bond motifs is 1. The van der Waals surface area contributed by atoms with Crippen LogP contribution in [0.1, 0.15) is 0 Å². The first-order chi connectivity index (χ1) is 7.43. The molecule has 3 N–H and O–H groups in total. The van der Waals surface area contributed by atoms with E-state index >= 15 is 0 Å². The molecule has 8 nitrogen and oxygen atoms in total. The van der Waals surface area contributed by atoms with Gasteiger partial charge in [-0.05, 0) is 0 Å². The van der Waals surface area contributed by atoms with Gasteiger partial charge in [-0.15, -0.1) is 0 Å². The highest BCUT2D eigenvalue weighted by molar-refractivity contribution is 7.68. The van der Waals surface area contributed by atoms with Crippen molar-refractivity contribution >= 4 is 13.5 Å². The zero-order valence-electron chi connectivity index (χ0n) is 8.25. The number of carbonyl (C=O) groups excluding carboxylic acids is 1. The minimum atomic E-state index is -3.34. The monoisotopic (exact) mass is 250 g/mol. The van der Waals surface area contributed by atoms with Crippen LogP contribution in [-0.2, 0) is 18.4 Å². The molecule has 0 saturated carbocycles. The number of piperazine rings is 1. The van der Waals surface area contributed by atoms with E-state index in [1.165, 1.54) is 4.90 Å². The third-order valence-electron chi connectivity index (χ3n) is 2.93. The van der Waals surface area contributed by atoms with Gasteiger partial charge in [-0.25, -0.2) is 0 Å². The van der Waals surface area contributed by atoms with Crippen LogP contribution in [0.25, 0.3) is 0 Å². The van der Waals surface area contributed by atoms with Crippen LogP contribution in [0.3, 0.4) is 0 Å². The van der Waals surface area contributed by atoms with Crippen LogP contribution >= 0.6 is 7.60 Å². The molecule has 0 aromatic carbocycles. The summed E-state index contributed by atoms with van der Waals surface area (Å²) in [5, 5.41) is 22.3. The van der Waals surface area contributed by atoms with Crippen LogP contribution in [-0.4, -0.2) is 58.5 Å². The van der Waals surface area contributed by atoms with Crippen LogP contribution < -0.4 is 5.32 Å². The molecule has 3 rings (SSSR count). The van der Waals surface area contributed by atoms with E-state index in [1.54, 1.807) is 0 Å². The highest BCUT2D eigenvalue weighted by Gasteiger charge is 3.01. The Morgan fingerprint density at radius 2 is 1.88 bits per heavy atom. The van der Waals surface area contributed by atoms with Crippen LogP contribution in [0.2, 0.25) is 0 Å². The fraction of sp³-hybridized carbons (Fsp3) is 0.857. The van der Waals surface area contributed by atoms with Gasteiger partial charge >= 0.3 is 18.9 Å². The normalized spacial score (nSPS) is 41.5. The molecule has 16 heavy (non-hydrogen) atoms. The SMILES string of the molecule is O=C(N1CCNCC1)C(O)(O)C12OP1(=O)O2. The Labute approximate surface area is 90.7 Å². The lowest BCUT2D eigenvalue weighted by molar-refractivity contribution is -0.246. The zero-order valence-corrected chi connectivity index (χ0v) is 9.14. The number of amides is 1. The summed E-state index contributed by atoms with van der Waals surface area (Å²) in [5.74, 6) is -3.77. The predicted molar refractivity (Wildman–Crippen MR) is 49.1 cm³/mol. The first kappa shape index (κ1) is 10.6. The molecule has 3 heterocycles. The Bertz CT molecular complexity index is 394. The van der Waals surface area contributed by atoms with Crippen molar-refractivity contribution in [2.75, 3.05) is 26.2 Å². The van der Waals surface area contributed by atoms with Crippen molar-refractivity contribution in [3.63, 3.8) is 0 Å². The maximum absolute atomic E-state index is 11.8. The molecule has 0 aromatic rings. The van der Waals surface area contributed by atoms with E-state index in [9.17, 15) is 19.6 Å². The van der Waals surface area contributed by atoms with E-state index in [1.807, 2.05) is 0 Å². The average molecular weight is 250 g/mol. The van der Waals surface area contributed by atoms with Gasteiger partial charge in [-0.1, -0.05) is 0 Å². The summed E-state index contributed by atoms with van der Waals surface area (Å²) in [4.78, 5) is 13.1. The number of carbonyl (C=O) groups is 1. The fourth-order valence-corrected chi connectivity index (χ4v) is 3.55. The van der Waals surface area contributed by atoms with Crippen LogP contribution in [0.15, 0.2) is 0 Å². The van der Waals surface area contributed by atoms with E-state index in [4.69, 9.17) is 0 Å². The number of nitrogens with one attached hydrogen (secondary N) is 1. The molecule has 3 aliphatic rings. The molecule has 3 aliphatic heterocycles. The molecule has 1 amide bonds. The van der Waals surface area contributed by atoms with Gasteiger partial charge in [0.15, 0.2) is 0 Å². The van der Waals surface area contributed by atoms with Gasteiger partial charge in [0.25, 0.3) is 5.91 Å². The molecular formula is C7H11N2O6P. The molecule has 0 aliphatic carbocycles. The summed E-state index contributed by atoms with van der Waals surface area (Å²) in [6, 6.07) is 0. The van der Waals surface area contributed by atoms with Gasteiger partial charge in [0.05, 0.1) is 0 Å². The first-order valence-electron chi connectivity index (χ1n) is 4.89. The Morgan fingerprint density at radius 1 is 1.38 bits per heavy atom. The van der Waals surface area contributed by atoms with Crippen molar-refractivity contribution in [3.05, 3.63) is 0 Å². The maximum atomic E-state index is 11.8. The van der Waals surface area contributed by atoms with Crippen molar-refractivity contribution in [3.8, 4) is 0 Å². The standard InChI is InChI=1S/C7H11N2O6P/c10-5(9-3-1-8-2-4-9)6(11,12)7-14-16(7,13)15-7/h8,11-12H,1-4H2. The molecule has 0 unspecified atom stereocenters. The maximum Gasteiger partial charge on any atom is 0.403 e. The van der Waals surface area contributed by atoms with Crippen molar-refractivity contribution in [1.82, 2.24) is 10.2 Å². The molecule has 9 heteroatoms. The predicted octanol–water partition coefficient (Wildman–Crippen LogP) is -1.99. The molecular weight excluding hydrogens is 239 g/mol. The van der Waals surface area contributed by atoms with Gasteiger partial charge in [-0.2, -0.15) is 0 Å². The third kappa shape index (κ3) is 1.11. The van der Waals surface area contributed by atoms with Gasteiger partial charge in [0.1, 0.15) is 0 Å². The van der Waals surface area contributed by atoms with Crippen molar-refractivity contribution < 1.29 is 28.6 Å². The first-order valence-corrected chi connectivity index (χ1v) is 6.44. The average Bonchev–Trinajstić information content (AvgIpc) is 3.04. The number of aliphatic hydroxyl groups is 2. The molecule has 0 atom stereocenters. The van der Waals surface area contributed by atoms with Crippen molar-refractivity contribution in [2.24, 2.45) is 0 Å². The molecule has 3 fully saturated rings. The number of hydrogen-bond acceptors (Lipinski definition) is 7. The second-order valence-corrected chi connectivity index (χ2v) is 5.93. The molecule has 0 spiro atoms. The second-order valence-electron chi connectivity index (χ2n) is 3.98. The molecule has 0 bridgehead atoms. The molecule has 0 aromatic heterocycles. The summed E-state index contributed by atoms with van der Waals surface area (Å²) in [6.45, 7) is 1.88. The summed E-state index contributed by atoms with van der Waals surface area (Å²) in [5.41, 5.74) is -1.97. The Kier molecular flexibility index (Phi) is 1.89. The summed E-state index contributed by atoms with van der Waals surface area (Å²) < 4.78 is 20.3. The van der Waals surface area contributed by atoms with Crippen molar-refractivity contribution in [2.45, 2.75) is 11.3 Å². The second kappa shape index (κ2) is 2.84. The van der Waals surface area contributed by atoms with E-state index < -0.39 is 24.8 Å². The quantitative estimate of drug-likeness (QED) is 0.295. The summed E-state index contributed by atoms with van der Waals surface area (Å²) in [6.07, 6.45) is 0. The van der Waals surface area contributed by atoms with Crippen molar-refractivity contribution in [1.29, 1.82) is 0 Å². The van der Waals surface area contributed by atoms with Crippen LogP contribution in [0.4, 0.5) is 0 Å². The number of hydrogen-bond donors (Lipinski definition) is 3. The third-order valence-corrected chi connectivity index (χ3v) is 4.81. The highest BCUT2D eigenvalue weighted by atomic mass is 31.2. The Balaban J connectivity index is 1.77. The smallest absolute Gasteiger partial charge is 0.353 e. The number of nitrogens with zero attached hydrogens (tertiary/aromatic N) is 1. The van der Waals surface area contributed by atoms with E-state index in [0.29, 0.717) is 26.2 Å². The van der Waals surface area contributed by atoms with Gasteiger partial charge in [0.2, 0.25) is 0 Å². The van der Waals surface area contributed by atoms with Gasteiger partial charge in [0, 0.05) is 26.2 Å². The van der Waals surface area contributed by atoms with E-state index in [2.05, 4.69) is 14.4 Å². The van der Waals surface area contributed by atoms with E-state index in [-0.39, 0.29) is 0 Å². The Hall–Kier alpha value is -0.500. The zero-order chi connectivity index (χ0) is 11.6. The lowest BCUT2D eigenvalue weighted by atomic mass is 10.2. The number of rotatable bonds is 2. The van der Waals surface area contributed by atoms with Crippen LogP contribution in [0, 0.1) is 0 Å². The summed E-state index contributed by atoms with van der Waals surface area (Å²) >= 11 is 0. The fourth-order valence-electron chi connectivity index (χ4n) is 1.83. The van der Waals surface area contributed by atoms with Gasteiger partial charge < -0.3 is 20.4 Å². The minimum Gasteiger partial charge on any atom is -0.353 e. The minimum absolute atomic E-state index is 0.363. The lowest BCUT2D eigenvalue weighted by Crippen LogP contribution is -2.59. The Morgan fingerprint density at radius 3 is 2.31 bits per heavy atom. The highest BCUT2D eigenvalue weighted by Crippen LogP contribution is 2.99. The topological polar surface area (TPSA) is 115 Å². The molecule has 3 saturated heterocycles. The largest absolute Gasteiger partial charge is 0.403 e. The lowest BCUT2D eigenvalue weighted by Gasteiger charge is -2.31.